The number of hydrogen-bond donors (Lipinski definition) is 2. The molecular formula is C19H34N4O3. The molecule has 0 aromatic carbocycles. The zero-order valence-electron chi connectivity index (χ0n) is 16.0. The van der Waals surface area contributed by atoms with Crippen LogP contribution in [0.5, 0.6) is 0 Å². The highest BCUT2D eigenvalue weighted by molar-refractivity contribution is 5.86. The van der Waals surface area contributed by atoms with Crippen LogP contribution in [0.2, 0.25) is 0 Å². The van der Waals surface area contributed by atoms with Crippen LogP contribution in [0.15, 0.2) is 0 Å². The largest absolute Gasteiger partial charge is 0.480 e. The number of likely N-dealkylation sites (tertiary alicyclic amines) is 1. The van der Waals surface area contributed by atoms with Crippen LogP contribution in [0.25, 0.3) is 0 Å². The van der Waals surface area contributed by atoms with E-state index in [1.165, 1.54) is 12.8 Å². The van der Waals surface area contributed by atoms with E-state index < -0.39 is 17.9 Å². The van der Waals surface area contributed by atoms with Gasteiger partial charge in [0.15, 0.2) is 0 Å². The normalized spacial score (nSPS) is 26.4. The van der Waals surface area contributed by atoms with Crippen molar-refractivity contribution >= 4 is 11.9 Å². The summed E-state index contributed by atoms with van der Waals surface area (Å²) in [7, 11) is 0. The van der Waals surface area contributed by atoms with Gasteiger partial charge in [0, 0.05) is 32.2 Å². The van der Waals surface area contributed by atoms with Crippen LogP contribution in [0.1, 0.15) is 39.0 Å². The molecule has 3 aliphatic heterocycles. The van der Waals surface area contributed by atoms with Gasteiger partial charge in [-0.15, -0.1) is 0 Å². The number of carboxylic acid groups (broad SMARTS) is 1. The molecule has 3 rings (SSSR count). The highest BCUT2D eigenvalue weighted by Crippen LogP contribution is 2.21. The number of carbonyl (C=O) groups excluding carboxylic acids is 1. The SMILES string of the molecule is CC(C(=O)N1CCN(C2CCNCC2)CC1)C(C(=O)O)N1CCCCC1. The molecule has 7 nitrogen and oxygen atoms in total. The summed E-state index contributed by atoms with van der Waals surface area (Å²) in [5, 5.41) is 13.1. The van der Waals surface area contributed by atoms with Gasteiger partial charge in [0.2, 0.25) is 5.91 Å². The quantitative estimate of drug-likeness (QED) is 0.736. The lowest BCUT2D eigenvalue weighted by Crippen LogP contribution is -2.57. The fourth-order valence-electron chi connectivity index (χ4n) is 4.79. The molecule has 2 unspecified atom stereocenters. The monoisotopic (exact) mass is 366 g/mol. The van der Waals surface area contributed by atoms with E-state index >= 15 is 0 Å². The standard InChI is InChI=1S/C19H34N4O3/c1-15(17(19(25)26)22-9-3-2-4-10-22)18(24)23-13-11-21(12-14-23)16-5-7-20-8-6-16/h15-17,20H,2-14H2,1H3,(H,25,26). The van der Waals surface area contributed by atoms with E-state index in [0.717, 1.165) is 71.6 Å². The van der Waals surface area contributed by atoms with Gasteiger partial charge in [-0.1, -0.05) is 13.3 Å². The Hall–Kier alpha value is -1.18. The molecule has 1 amide bonds. The number of hydrogen-bond acceptors (Lipinski definition) is 5. The summed E-state index contributed by atoms with van der Waals surface area (Å²) < 4.78 is 0. The Labute approximate surface area is 156 Å². The smallest absolute Gasteiger partial charge is 0.321 e. The molecule has 26 heavy (non-hydrogen) atoms. The van der Waals surface area contributed by atoms with E-state index in [1.54, 1.807) is 6.92 Å². The van der Waals surface area contributed by atoms with Crippen LogP contribution in [-0.4, -0.2) is 96.1 Å². The Kier molecular flexibility index (Phi) is 6.89. The summed E-state index contributed by atoms with van der Waals surface area (Å²) >= 11 is 0. The predicted octanol–water partition coefficient (Wildman–Crippen LogP) is 0.458. The minimum Gasteiger partial charge on any atom is -0.480 e. The number of nitrogens with one attached hydrogen (secondary N) is 1. The number of rotatable bonds is 5. The van der Waals surface area contributed by atoms with Crippen LogP contribution < -0.4 is 5.32 Å². The second kappa shape index (κ2) is 9.15. The van der Waals surface area contributed by atoms with E-state index in [4.69, 9.17) is 0 Å². The third kappa shape index (κ3) is 4.56. The summed E-state index contributed by atoms with van der Waals surface area (Å²) in [6.07, 6.45) is 5.57. The van der Waals surface area contributed by atoms with Gasteiger partial charge in [-0.2, -0.15) is 0 Å². The van der Waals surface area contributed by atoms with Gasteiger partial charge in [0.1, 0.15) is 6.04 Å². The molecule has 0 aliphatic carbocycles. The lowest BCUT2D eigenvalue weighted by molar-refractivity contribution is -0.153. The number of aliphatic carboxylic acids is 1. The molecule has 0 saturated carbocycles. The Morgan fingerprint density at radius 3 is 2.15 bits per heavy atom. The number of piperidine rings is 2. The average molecular weight is 367 g/mol. The van der Waals surface area contributed by atoms with Crippen LogP contribution in [0.4, 0.5) is 0 Å². The van der Waals surface area contributed by atoms with Gasteiger partial charge >= 0.3 is 5.97 Å². The molecular weight excluding hydrogens is 332 g/mol. The Morgan fingerprint density at radius 2 is 1.58 bits per heavy atom. The summed E-state index contributed by atoms with van der Waals surface area (Å²) in [4.78, 5) is 31.2. The van der Waals surface area contributed by atoms with Crippen LogP contribution in [0, 0.1) is 5.92 Å². The topological polar surface area (TPSA) is 76.1 Å². The third-order valence-corrected chi connectivity index (χ3v) is 6.35. The number of carbonyl (C=O) groups is 2. The maximum absolute atomic E-state index is 13.0. The van der Waals surface area contributed by atoms with Crippen LogP contribution in [-0.2, 0) is 9.59 Å². The minimum atomic E-state index is -0.860. The first-order chi connectivity index (χ1) is 12.6. The van der Waals surface area contributed by atoms with E-state index in [0.29, 0.717) is 6.04 Å². The number of amides is 1. The van der Waals surface area contributed by atoms with Gasteiger partial charge < -0.3 is 15.3 Å². The van der Waals surface area contributed by atoms with Gasteiger partial charge in [0.05, 0.1) is 5.92 Å². The summed E-state index contributed by atoms with van der Waals surface area (Å²) in [5.74, 6) is -1.34. The van der Waals surface area contributed by atoms with Gasteiger partial charge in [-0.25, -0.2) is 0 Å². The van der Waals surface area contributed by atoms with E-state index in [2.05, 4.69) is 10.2 Å². The molecule has 3 aliphatic rings. The molecule has 2 atom stereocenters. The van der Waals surface area contributed by atoms with Crippen molar-refractivity contribution in [2.75, 3.05) is 52.4 Å². The maximum atomic E-state index is 13.0. The number of nitrogens with zero attached hydrogens (tertiary/aromatic N) is 3. The Bertz CT molecular complexity index is 481. The zero-order chi connectivity index (χ0) is 18.5. The Morgan fingerprint density at radius 1 is 0.962 bits per heavy atom. The van der Waals surface area contributed by atoms with Crippen molar-refractivity contribution in [1.29, 1.82) is 0 Å². The number of piperazine rings is 1. The summed E-state index contributed by atoms with van der Waals surface area (Å²) in [5.41, 5.74) is 0. The lowest BCUT2D eigenvalue weighted by Gasteiger charge is -2.42. The van der Waals surface area contributed by atoms with Crippen molar-refractivity contribution < 1.29 is 14.7 Å². The van der Waals surface area contributed by atoms with Crippen molar-refractivity contribution in [1.82, 2.24) is 20.0 Å². The van der Waals surface area contributed by atoms with E-state index in [-0.39, 0.29) is 5.91 Å². The van der Waals surface area contributed by atoms with E-state index in [9.17, 15) is 14.7 Å². The van der Waals surface area contributed by atoms with Gasteiger partial charge in [0.25, 0.3) is 0 Å². The van der Waals surface area contributed by atoms with Crippen molar-refractivity contribution in [3.63, 3.8) is 0 Å². The average Bonchev–Trinajstić information content (AvgIpc) is 2.69. The summed E-state index contributed by atoms with van der Waals surface area (Å²) in [6, 6.07) is -0.0590. The van der Waals surface area contributed by atoms with Crippen molar-refractivity contribution in [2.45, 2.75) is 51.1 Å². The molecule has 0 spiro atoms. The molecule has 3 heterocycles. The lowest BCUT2D eigenvalue weighted by atomic mass is 9.95. The molecule has 0 aromatic heterocycles. The molecule has 7 heteroatoms. The van der Waals surface area contributed by atoms with Gasteiger partial charge in [-0.05, 0) is 51.9 Å². The predicted molar refractivity (Wildman–Crippen MR) is 100 cm³/mol. The highest BCUT2D eigenvalue weighted by Gasteiger charge is 2.38. The zero-order valence-corrected chi connectivity index (χ0v) is 16.0. The second-order valence-corrected chi connectivity index (χ2v) is 8.01. The van der Waals surface area contributed by atoms with Crippen LogP contribution >= 0.6 is 0 Å². The minimum absolute atomic E-state index is 0.00735. The Balaban J connectivity index is 1.55. The van der Waals surface area contributed by atoms with E-state index in [1.807, 2.05) is 9.80 Å². The van der Waals surface area contributed by atoms with Crippen LogP contribution in [0.3, 0.4) is 0 Å². The molecule has 0 aromatic rings. The second-order valence-electron chi connectivity index (χ2n) is 8.01. The van der Waals surface area contributed by atoms with Gasteiger partial charge in [-0.3, -0.25) is 19.4 Å². The van der Waals surface area contributed by atoms with Crippen molar-refractivity contribution in [2.24, 2.45) is 5.92 Å². The first-order valence-corrected chi connectivity index (χ1v) is 10.3. The summed E-state index contributed by atoms with van der Waals surface area (Å²) in [6.45, 7) is 8.80. The van der Waals surface area contributed by atoms with Crippen molar-refractivity contribution in [3.05, 3.63) is 0 Å². The third-order valence-electron chi connectivity index (χ3n) is 6.35. The fourth-order valence-corrected chi connectivity index (χ4v) is 4.79. The molecule has 2 N–H and O–H groups in total. The molecule has 3 saturated heterocycles. The highest BCUT2D eigenvalue weighted by atomic mass is 16.4. The fraction of sp³-hybridized carbons (Fsp3) is 0.895. The molecule has 0 bridgehead atoms. The number of carboxylic acids is 1. The molecule has 3 fully saturated rings. The van der Waals surface area contributed by atoms with Crippen molar-refractivity contribution in [3.8, 4) is 0 Å². The molecule has 0 radical (unpaired) electrons. The first kappa shape index (κ1) is 19.6. The maximum Gasteiger partial charge on any atom is 0.321 e. The first-order valence-electron chi connectivity index (χ1n) is 10.3. The molecule has 148 valence electrons.